The molecule has 0 saturated carbocycles. The third-order valence-electron chi connectivity index (χ3n) is 4.00. The summed E-state index contributed by atoms with van der Waals surface area (Å²) in [6, 6.07) is 8.26. The lowest BCUT2D eigenvalue weighted by molar-refractivity contribution is 0.0887. The van der Waals surface area contributed by atoms with Crippen LogP contribution in [0, 0.1) is 13.8 Å². The first-order chi connectivity index (χ1) is 10.1. The number of hydrogen-bond donors (Lipinski definition) is 1. The zero-order valence-corrected chi connectivity index (χ0v) is 12.7. The molecule has 0 bridgehead atoms. The maximum Gasteiger partial charge on any atom is 0.119 e. The maximum absolute atomic E-state index is 10.1. The minimum absolute atomic E-state index is 0.289. The van der Waals surface area contributed by atoms with Crippen LogP contribution >= 0.6 is 0 Å². The minimum atomic E-state index is -0.559. The Kier molecular flexibility index (Phi) is 3.97. The Morgan fingerprint density at radius 1 is 1.24 bits per heavy atom. The topological polar surface area (TPSA) is 47.3 Å². The van der Waals surface area contributed by atoms with E-state index in [0.717, 1.165) is 23.6 Å². The summed E-state index contributed by atoms with van der Waals surface area (Å²) in [4.78, 5) is 0. The van der Waals surface area contributed by atoms with E-state index >= 15 is 0 Å². The largest absolute Gasteiger partial charge is 0.491 e. The lowest BCUT2D eigenvalue weighted by atomic mass is 10.1. The van der Waals surface area contributed by atoms with Gasteiger partial charge < -0.3 is 9.84 Å². The first kappa shape index (κ1) is 14.1. The van der Waals surface area contributed by atoms with Gasteiger partial charge in [0.25, 0.3) is 0 Å². The highest BCUT2D eigenvalue weighted by molar-refractivity contribution is 5.38. The molecule has 3 rings (SSSR count). The van der Waals surface area contributed by atoms with Crippen LogP contribution in [0.5, 0.6) is 5.75 Å². The van der Waals surface area contributed by atoms with Crippen molar-refractivity contribution in [3.05, 3.63) is 46.8 Å². The average molecular weight is 286 g/mol. The minimum Gasteiger partial charge on any atom is -0.491 e. The Morgan fingerprint density at radius 2 is 2.05 bits per heavy atom. The fraction of sp³-hybridized carbons (Fsp3) is 0.471. The second-order valence-corrected chi connectivity index (χ2v) is 5.86. The normalized spacial score (nSPS) is 15.0. The number of benzene rings is 1. The van der Waals surface area contributed by atoms with Crippen molar-refractivity contribution in [3.8, 4) is 5.75 Å². The van der Waals surface area contributed by atoms with E-state index in [2.05, 4.69) is 17.2 Å². The highest BCUT2D eigenvalue weighted by Crippen LogP contribution is 2.26. The van der Waals surface area contributed by atoms with Gasteiger partial charge in [-0.3, -0.25) is 4.68 Å². The number of aryl methyl sites for hydroxylation is 4. The van der Waals surface area contributed by atoms with E-state index in [0.29, 0.717) is 6.54 Å². The van der Waals surface area contributed by atoms with Gasteiger partial charge in [-0.15, -0.1) is 0 Å². The molecule has 1 aromatic carbocycles. The Labute approximate surface area is 125 Å². The zero-order valence-electron chi connectivity index (χ0n) is 12.7. The molecule has 0 aliphatic heterocycles. The Balaban J connectivity index is 1.56. The second kappa shape index (κ2) is 5.90. The van der Waals surface area contributed by atoms with Gasteiger partial charge >= 0.3 is 0 Å². The summed E-state index contributed by atoms with van der Waals surface area (Å²) in [5.74, 6) is 0.850. The van der Waals surface area contributed by atoms with Gasteiger partial charge in [-0.1, -0.05) is 6.07 Å². The third-order valence-corrected chi connectivity index (χ3v) is 4.00. The van der Waals surface area contributed by atoms with Gasteiger partial charge in [0, 0.05) is 5.69 Å². The molecule has 0 saturated heterocycles. The molecular weight excluding hydrogens is 264 g/mol. The molecule has 1 aromatic heterocycles. The predicted octanol–water partition coefficient (Wildman–Crippen LogP) is 2.43. The molecule has 0 unspecified atom stereocenters. The van der Waals surface area contributed by atoms with Crippen LogP contribution in [0.3, 0.4) is 0 Å². The number of aliphatic hydroxyl groups excluding tert-OH is 1. The summed E-state index contributed by atoms with van der Waals surface area (Å²) >= 11 is 0. The molecule has 1 aliphatic rings. The quantitative estimate of drug-likeness (QED) is 0.918. The molecular formula is C17H22N2O2. The van der Waals surface area contributed by atoms with E-state index in [4.69, 9.17) is 4.74 Å². The molecule has 1 atom stereocenters. The summed E-state index contributed by atoms with van der Waals surface area (Å²) < 4.78 is 7.55. The standard InChI is InChI=1S/C17H22N2O2/c1-12-8-13(2)19(18-12)10-16(20)11-21-17-7-6-14-4-3-5-15(14)9-17/h6-9,16,20H,3-5,10-11H2,1-2H3/t16-/m0/s1. The molecule has 4 heteroatoms. The van der Waals surface area contributed by atoms with Crippen molar-refractivity contribution in [2.75, 3.05) is 6.61 Å². The van der Waals surface area contributed by atoms with Crippen LogP contribution in [0.1, 0.15) is 28.9 Å². The van der Waals surface area contributed by atoms with E-state index in [9.17, 15) is 5.11 Å². The van der Waals surface area contributed by atoms with Crippen molar-refractivity contribution >= 4 is 0 Å². The predicted molar refractivity (Wildman–Crippen MR) is 81.7 cm³/mol. The van der Waals surface area contributed by atoms with E-state index in [-0.39, 0.29) is 6.61 Å². The second-order valence-electron chi connectivity index (χ2n) is 5.86. The highest BCUT2D eigenvalue weighted by Gasteiger charge is 2.13. The first-order valence-corrected chi connectivity index (χ1v) is 7.55. The smallest absolute Gasteiger partial charge is 0.119 e. The van der Waals surface area contributed by atoms with Crippen LogP contribution in [0.15, 0.2) is 24.3 Å². The summed E-state index contributed by atoms with van der Waals surface area (Å²) in [6.07, 6.45) is 2.99. The molecule has 0 spiro atoms. The van der Waals surface area contributed by atoms with Gasteiger partial charge in [0.15, 0.2) is 0 Å². The molecule has 1 heterocycles. The van der Waals surface area contributed by atoms with Gasteiger partial charge in [-0.25, -0.2) is 0 Å². The molecule has 21 heavy (non-hydrogen) atoms. The molecule has 1 aliphatic carbocycles. The van der Waals surface area contributed by atoms with Crippen LogP contribution < -0.4 is 4.74 Å². The number of aliphatic hydroxyl groups is 1. The molecule has 112 valence electrons. The summed E-state index contributed by atoms with van der Waals surface area (Å²) in [6.45, 7) is 4.70. The van der Waals surface area contributed by atoms with E-state index in [1.165, 1.54) is 24.0 Å². The maximum atomic E-state index is 10.1. The molecule has 0 fully saturated rings. The van der Waals surface area contributed by atoms with Gasteiger partial charge in [0.05, 0.1) is 12.2 Å². The summed E-state index contributed by atoms with van der Waals surface area (Å²) in [7, 11) is 0. The van der Waals surface area contributed by atoms with Crippen molar-refractivity contribution in [2.24, 2.45) is 0 Å². The van der Waals surface area contributed by atoms with Gasteiger partial charge in [0.1, 0.15) is 18.5 Å². The number of fused-ring (bicyclic) bond motifs is 1. The Hall–Kier alpha value is -1.81. The molecule has 4 nitrogen and oxygen atoms in total. The number of aromatic nitrogens is 2. The SMILES string of the molecule is Cc1cc(C)n(C[C@H](O)COc2ccc3c(c2)CCC3)n1. The number of ether oxygens (including phenoxy) is 1. The third kappa shape index (κ3) is 3.27. The summed E-state index contributed by atoms with van der Waals surface area (Å²) in [5.41, 5.74) is 4.86. The lowest BCUT2D eigenvalue weighted by Gasteiger charge is -2.14. The van der Waals surface area contributed by atoms with Crippen LogP contribution in [-0.4, -0.2) is 27.6 Å². The zero-order chi connectivity index (χ0) is 14.8. The number of hydrogen-bond acceptors (Lipinski definition) is 3. The first-order valence-electron chi connectivity index (χ1n) is 7.55. The highest BCUT2D eigenvalue weighted by atomic mass is 16.5. The number of nitrogens with zero attached hydrogens (tertiary/aromatic N) is 2. The van der Waals surface area contributed by atoms with Crippen LogP contribution in [0.2, 0.25) is 0 Å². The van der Waals surface area contributed by atoms with Crippen molar-refractivity contribution in [3.63, 3.8) is 0 Å². The van der Waals surface area contributed by atoms with E-state index in [1.54, 1.807) is 0 Å². The monoisotopic (exact) mass is 286 g/mol. The van der Waals surface area contributed by atoms with Crippen molar-refractivity contribution < 1.29 is 9.84 Å². The van der Waals surface area contributed by atoms with E-state index in [1.807, 2.05) is 30.7 Å². The van der Waals surface area contributed by atoms with Gasteiger partial charge in [0.2, 0.25) is 0 Å². The fourth-order valence-electron chi connectivity index (χ4n) is 2.94. The van der Waals surface area contributed by atoms with Gasteiger partial charge in [-0.05, 0) is 62.4 Å². The Morgan fingerprint density at radius 3 is 2.81 bits per heavy atom. The van der Waals surface area contributed by atoms with Crippen LogP contribution in [-0.2, 0) is 19.4 Å². The Bertz CT molecular complexity index is 634. The molecule has 0 amide bonds. The van der Waals surface area contributed by atoms with E-state index < -0.39 is 6.10 Å². The molecule has 1 N–H and O–H groups in total. The number of rotatable bonds is 5. The van der Waals surface area contributed by atoms with Crippen molar-refractivity contribution in [1.29, 1.82) is 0 Å². The summed E-state index contributed by atoms with van der Waals surface area (Å²) in [5, 5.41) is 14.5. The van der Waals surface area contributed by atoms with Crippen LogP contribution in [0.4, 0.5) is 0 Å². The fourth-order valence-corrected chi connectivity index (χ4v) is 2.94. The molecule has 0 radical (unpaired) electrons. The lowest BCUT2D eigenvalue weighted by Crippen LogP contribution is -2.24. The van der Waals surface area contributed by atoms with Gasteiger partial charge in [-0.2, -0.15) is 5.10 Å². The molecule has 2 aromatic rings. The average Bonchev–Trinajstić information content (AvgIpc) is 3.02. The van der Waals surface area contributed by atoms with Crippen molar-refractivity contribution in [1.82, 2.24) is 9.78 Å². The van der Waals surface area contributed by atoms with Crippen molar-refractivity contribution in [2.45, 2.75) is 45.8 Å². The van der Waals surface area contributed by atoms with Crippen LogP contribution in [0.25, 0.3) is 0 Å².